The molecule has 0 aromatic heterocycles. The number of phosphoric acid groups is 1. The standard InChI is InChI=1S/C55H88NO16P/c1-13-68-73(64,69-14-2)72-45-26-24-41(31-48(45)66-11)30-37(6)47-33-44(57)36(5)29-39(8)50(59)51(67-12)49(58)38(7)28-34(3)20-16-15-17-21-35(4)46(65-10)32-42-25-23-40(9)55(63,71-42)52(60)53(61)56-27-19-18-22-43(56)54(62)70-47/h15-17,20-21,29,34,37-43,45-48,50-51,59,63H,13-14,18-19,22-28,30-33H2,1-12H3/t34-,37-,38-,39?,40-,41+,42+,43?,45-,46+,47+,48-,50-,51+,55-/m1/s1. The molecule has 18 heteroatoms. The molecule has 414 valence electrons. The molecule has 4 aliphatic rings. The number of aliphatic hydroxyl groups is 2. The molecule has 1 saturated carbocycles. The van der Waals surface area contributed by atoms with Crippen molar-refractivity contribution < 1.29 is 76.0 Å². The van der Waals surface area contributed by atoms with E-state index in [-0.39, 0.29) is 61.6 Å². The molecule has 2 unspecified atom stereocenters. The van der Waals surface area contributed by atoms with Crippen LogP contribution in [0.25, 0.3) is 0 Å². The third-order valence-electron chi connectivity index (χ3n) is 15.3. The Bertz CT molecular complexity index is 2010. The third kappa shape index (κ3) is 17.1. The number of methoxy groups -OCH3 is 3. The number of Topliss-reactive ketones (excluding diaryl/α,β-unsaturated/α-hetero) is 3. The first kappa shape index (κ1) is 62.3. The molecule has 15 atom stereocenters. The second-order valence-corrected chi connectivity index (χ2v) is 22.6. The van der Waals surface area contributed by atoms with E-state index in [0.717, 1.165) is 5.57 Å². The molecule has 2 bridgehead atoms. The number of fused-ring (bicyclic) bond motifs is 3. The fraction of sp³-hybridized carbons (Fsp3) is 0.764. The van der Waals surface area contributed by atoms with Crippen molar-refractivity contribution >= 4 is 37.0 Å². The number of piperidine rings is 1. The van der Waals surface area contributed by atoms with Crippen LogP contribution in [0.5, 0.6) is 0 Å². The minimum atomic E-state index is -3.84. The second-order valence-electron chi connectivity index (χ2n) is 21.0. The van der Waals surface area contributed by atoms with Gasteiger partial charge in [0.2, 0.25) is 5.79 Å². The Morgan fingerprint density at radius 1 is 0.849 bits per heavy atom. The van der Waals surface area contributed by atoms with Crippen LogP contribution < -0.4 is 0 Å². The van der Waals surface area contributed by atoms with Crippen molar-refractivity contribution in [2.75, 3.05) is 41.1 Å². The lowest BCUT2D eigenvalue weighted by Gasteiger charge is -2.42. The zero-order valence-electron chi connectivity index (χ0n) is 45.7. The summed E-state index contributed by atoms with van der Waals surface area (Å²) in [5.41, 5.74) is 1.15. The van der Waals surface area contributed by atoms with E-state index in [1.807, 2.05) is 58.1 Å². The number of ketones is 3. The van der Waals surface area contributed by atoms with Crippen LogP contribution in [0, 0.1) is 35.5 Å². The number of allylic oxidation sites excluding steroid dienone is 6. The van der Waals surface area contributed by atoms with Gasteiger partial charge in [-0.05, 0) is 121 Å². The quantitative estimate of drug-likeness (QED) is 0.106. The van der Waals surface area contributed by atoms with E-state index in [1.165, 1.54) is 12.0 Å². The van der Waals surface area contributed by atoms with Crippen molar-refractivity contribution in [2.24, 2.45) is 35.5 Å². The number of phosphoric ester groups is 1. The Hall–Kier alpha value is -3.22. The van der Waals surface area contributed by atoms with Gasteiger partial charge in [0, 0.05) is 58.5 Å². The molecule has 3 aliphatic heterocycles. The normalized spacial score (nSPS) is 35.2. The van der Waals surface area contributed by atoms with Crippen molar-refractivity contribution in [1.82, 2.24) is 4.90 Å². The van der Waals surface area contributed by atoms with E-state index >= 15 is 0 Å². The first-order valence-corrected chi connectivity index (χ1v) is 28.1. The van der Waals surface area contributed by atoms with Crippen LogP contribution in [-0.4, -0.2) is 140 Å². The summed E-state index contributed by atoms with van der Waals surface area (Å²) in [5, 5.41) is 23.6. The SMILES string of the molecule is CCOP(=O)(OCC)O[C@@H]1CC[C@@H](C[C@@H](C)[C@@H]2CC(=O)C(C)=CC(C)[C@@H](O)[C@@H](OC)C(=O)[C@H](C)C[C@H](C)C=CC=CC=C(C)[C@@H](OC)C[C@@H]3CC[C@@H](C)[C@@](O)(O3)C(=O)C(=O)N3CCCCC3C(=O)O2)C[C@H]1OC. The largest absolute Gasteiger partial charge is 0.475 e. The number of carbonyl (C=O) groups excluding carboxylic acids is 5. The molecule has 0 spiro atoms. The van der Waals surface area contributed by atoms with Gasteiger partial charge in [0.25, 0.3) is 11.7 Å². The van der Waals surface area contributed by atoms with Crippen LogP contribution in [-0.2, 0) is 65.8 Å². The molecule has 3 fully saturated rings. The molecule has 2 N–H and O–H groups in total. The molecule has 0 radical (unpaired) electrons. The minimum Gasteiger partial charge on any atom is -0.460 e. The molecule has 73 heavy (non-hydrogen) atoms. The van der Waals surface area contributed by atoms with Crippen LogP contribution >= 0.6 is 7.82 Å². The molecular formula is C55H88NO16P. The van der Waals surface area contributed by atoms with E-state index in [0.29, 0.717) is 64.2 Å². The summed E-state index contributed by atoms with van der Waals surface area (Å²) in [7, 11) is 0.655. The minimum absolute atomic E-state index is 0.00174. The van der Waals surface area contributed by atoms with Crippen molar-refractivity contribution in [3.05, 3.63) is 47.6 Å². The lowest BCUT2D eigenvalue weighted by Crippen LogP contribution is -2.61. The summed E-state index contributed by atoms with van der Waals surface area (Å²) in [6.07, 6.45) is 10.4. The number of carbonyl (C=O) groups is 5. The predicted octanol–water partition coefficient (Wildman–Crippen LogP) is 8.39. The number of aliphatic hydroxyl groups excluding tert-OH is 1. The lowest BCUT2D eigenvalue weighted by atomic mass is 9.78. The number of hydrogen-bond donors (Lipinski definition) is 2. The fourth-order valence-corrected chi connectivity index (χ4v) is 12.2. The molecule has 0 aromatic rings. The summed E-state index contributed by atoms with van der Waals surface area (Å²) in [4.78, 5) is 72.5. The van der Waals surface area contributed by atoms with E-state index < -0.39 is 104 Å². The van der Waals surface area contributed by atoms with Crippen molar-refractivity contribution in [3.63, 3.8) is 0 Å². The summed E-state index contributed by atoms with van der Waals surface area (Å²) in [6, 6.07) is -1.18. The number of cyclic esters (lactones) is 1. The predicted molar refractivity (Wildman–Crippen MR) is 275 cm³/mol. The average Bonchev–Trinajstić information content (AvgIpc) is 3.35. The molecule has 0 aromatic carbocycles. The van der Waals surface area contributed by atoms with Crippen LogP contribution in [0.1, 0.15) is 139 Å². The Morgan fingerprint density at radius 3 is 2.19 bits per heavy atom. The fourth-order valence-electron chi connectivity index (χ4n) is 10.8. The molecule has 1 amide bonds. The van der Waals surface area contributed by atoms with Crippen LogP contribution in [0.4, 0.5) is 0 Å². The van der Waals surface area contributed by atoms with E-state index in [1.54, 1.807) is 54.9 Å². The van der Waals surface area contributed by atoms with Gasteiger partial charge < -0.3 is 38.8 Å². The Kier molecular flexibility index (Phi) is 25.0. The number of hydrogen-bond acceptors (Lipinski definition) is 16. The van der Waals surface area contributed by atoms with Gasteiger partial charge in [0.05, 0.1) is 43.7 Å². The first-order chi connectivity index (χ1) is 34.6. The average molecular weight is 1050 g/mol. The van der Waals surface area contributed by atoms with E-state index in [2.05, 4.69) is 0 Å². The van der Waals surface area contributed by atoms with Crippen LogP contribution in [0.2, 0.25) is 0 Å². The molecule has 17 nitrogen and oxygen atoms in total. The van der Waals surface area contributed by atoms with Gasteiger partial charge >= 0.3 is 13.8 Å². The summed E-state index contributed by atoms with van der Waals surface area (Å²) in [5.74, 6) is -8.37. The highest BCUT2D eigenvalue weighted by molar-refractivity contribution is 7.48. The third-order valence-corrected chi connectivity index (χ3v) is 17.0. The number of amides is 1. The van der Waals surface area contributed by atoms with Crippen LogP contribution in [0.3, 0.4) is 0 Å². The van der Waals surface area contributed by atoms with Gasteiger partial charge in [-0.2, -0.15) is 0 Å². The van der Waals surface area contributed by atoms with E-state index in [4.69, 9.17) is 37.3 Å². The molecule has 3 heterocycles. The summed E-state index contributed by atoms with van der Waals surface area (Å²) in [6.45, 7) is 16.3. The van der Waals surface area contributed by atoms with E-state index in [9.17, 15) is 38.8 Å². The Balaban J connectivity index is 1.70. The first-order valence-electron chi connectivity index (χ1n) is 26.6. The van der Waals surface area contributed by atoms with Crippen molar-refractivity contribution in [1.29, 1.82) is 0 Å². The maximum absolute atomic E-state index is 14.6. The molecule has 4 rings (SSSR count). The van der Waals surface area contributed by atoms with Crippen LogP contribution in [0.15, 0.2) is 47.6 Å². The monoisotopic (exact) mass is 1050 g/mol. The zero-order chi connectivity index (χ0) is 54.2. The van der Waals surface area contributed by atoms with Crippen molar-refractivity contribution in [3.8, 4) is 0 Å². The maximum Gasteiger partial charge on any atom is 0.475 e. The highest BCUT2D eigenvalue weighted by Crippen LogP contribution is 2.53. The van der Waals surface area contributed by atoms with Gasteiger partial charge in [0.1, 0.15) is 18.2 Å². The zero-order valence-corrected chi connectivity index (χ0v) is 46.6. The number of nitrogens with zero attached hydrogens (tertiary/aromatic N) is 1. The topological polar surface area (TPSA) is 220 Å². The highest BCUT2D eigenvalue weighted by Gasteiger charge is 2.53. The number of ether oxygens (including phenoxy) is 5. The van der Waals surface area contributed by atoms with Gasteiger partial charge in [-0.25, -0.2) is 9.36 Å². The second kappa shape index (κ2) is 29.3. The van der Waals surface area contributed by atoms with Gasteiger partial charge in [-0.15, -0.1) is 0 Å². The summed E-state index contributed by atoms with van der Waals surface area (Å²) < 4.78 is 59.9. The van der Waals surface area contributed by atoms with Gasteiger partial charge in [0.15, 0.2) is 11.6 Å². The molecule has 1 aliphatic carbocycles. The number of rotatable bonds is 12. The maximum atomic E-state index is 14.6. The van der Waals surface area contributed by atoms with Gasteiger partial charge in [-0.1, -0.05) is 71.1 Å². The number of esters is 1. The Labute approximate surface area is 434 Å². The molecule has 2 saturated heterocycles. The smallest absolute Gasteiger partial charge is 0.460 e. The summed E-state index contributed by atoms with van der Waals surface area (Å²) >= 11 is 0. The lowest BCUT2D eigenvalue weighted by molar-refractivity contribution is -0.265. The highest BCUT2D eigenvalue weighted by atomic mass is 31.2. The van der Waals surface area contributed by atoms with Crippen molar-refractivity contribution in [2.45, 2.75) is 194 Å². The Morgan fingerprint density at radius 2 is 1.55 bits per heavy atom. The molecular weight excluding hydrogens is 962 g/mol. The van der Waals surface area contributed by atoms with Gasteiger partial charge in [-0.3, -0.25) is 32.7 Å².